The van der Waals surface area contributed by atoms with Crippen LogP contribution in [0.25, 0.3) is 0 Å². The number of rotatable bonds is 5. The third-order valence-corrected chi connectivity index (χ3v) is 3.63. The predicted molar refractivity (Wildman–Crippen MR) is 86.8 cm³/mol. The summed E-state index contributed by atoms with van der Waals surface area (Å²) in [6, 6.07) is 0. The normalized spacial score (nSPS) is 16.1. The molecule has 0 saturated carbocycles. The highest BCUT2D eigenvalue weighted by Crippen LogP contribution is 2.48. The fourth-order valence-electron chi connectivity index (χ4n) is 4.25. The molecule has 0 saturated heterocycles. The van der Waals surface area contributed by atoms with Crippen LogP contribution in [0.5, 0.6) is 0 Å². The lowest BCUT2D eigenvalue weighted by Gasteiger charge is -2.46. The van der Waals surface area contributed by atoms with Crippen molar-refractivity contribution in [3.63, 3.8) is 0 Å². The molecule has 0 rings (SSSR count). The van der Waals surface area contributed by atoms with Crippen molar-refractivity contribution in [2.24, 2.45) is 27.9 Å². The van der Waals surface area contributed by atoms with Crippen LogP contribution >= 0.6 is 0 Å². The van der Waals surface area contributed by atoms with E-state index in [4.69, 9.17) is 12.2 Å². The van der Waals surface area contributed by atoms with E-state index in [1.54, 1.807) is 0 Å². The third kappa shape index (κ3) is 6.48. The summed E-state index contributed by atoms with van der Waals surface area (Å²) >= 11 is 0. The predicted octanol–water partition coefficient (Wildman–Crippen LogP) is 4.85. The Bertz CT molecular complexity index is 300. The van der Waals surface area contributed by atoms with Crippen molar-refractivity contribution in [1.82, 2.24) is 0 Å². The van der Waals surface area contributed by atoms with Gasteiger partial charge >= 0.3 is 0 Å². The van der Waals surface area contributed by atoms with Gasteiger partial charge in [0.05, 0.1) is 0 Å². The molecule has 2 N–H and O–H groups in total. The molecule has 0 aromatic heterocycles. The molecule has 112 valence electrons. The molecule has 0 radical (unpaired) electrons. The molecular formula is C18H35N. The minimum atomic E-state index is -0.184. The summed E-state index contributed by atoms with van der Waals surface area (Å²) < 4.78 is 0. The smallest absolute Gasteiger partial charge is 0.0303 e. The third-order valence-electron chi connectivity index (χ3n) is 3.63. The fourth-order valence-corrected chi connectivity index (χ4v) is 4.25. The topological polar surface area (TPSA) is 26.0 Å². The van der Waals surface area contributed by atoms with E-state index >= 15 is 0 Å². The van der Waals surface area contributed by atoms with Gasteiger partial charge in [-0.2, -0.15) is 0 Å². The van der Waals surface area contributed by atoms with Gasteiger partial charge in [0.25, 0.3) is 0 Å². The van der Waals surface area contributed by atoms with E-state index in [0.717, 1.165) is 12.8 Å². The molecule has 1 heteroatoms. The summed E-state index contributed by atoms with van der Waals surface area (Å²) in [6.45, 7) is 20.1. The molecule has 0 aliphatic carbocycles. The average molecular weight is 265 g/mol. The summed E-state index contributed by atoms with van der Waals surface area (Å²) in [7, 11) is 0. The van der Waals surface area contributed by atoms with Gasteiger partial charge in [-0.15, -0.1) is 12.3 Å². The Morgan fingerprint density at radius 1 is 0.842 bits per heavy atom. The molecule has 0 spiro atoms. The van der Waals surface area contributed by atoms with Crippen molar-refractivity contribution in [2.75, 3.05) is 0 Å². The first-order chi connectivity index (χ1) is 8.11. The highest BCUT2D eigenvalue weighted by atomic mass is 14.7. The van der Waals surface area contributed by atoms with Gasteiger partial charge < -0.3 is 5.73 Å². The second-order valence-electron chi connectivity index (χ2n) is 9.48. The Labute approximate surface area is 121 Å². The fraction of sp³-hybridized carbons (Fsp3) is 0.889. The highest BCUT2D eigenvalue weighted by Gasteiger charge is 2.43. The lowest BCUT2D eigenvalue weighted by Crippen LogP contribution is -2.44. The van der Waals surface area contributed by atoms with Crippen molar-refractivity contribution in [2.45, 2.75) is 80.7 Å². The van der Waals surface area contributed by atoms with Crippen molar-refractivity contribution in [3.05, 3.63) is 0 Å². The Hall–Kier alpha value is -0.480. The van der Waals surface area contributed by atoms with E-state index in [0.29, 0.717) is 0 Å². The summed E-state index contributed by atoms with van der Waals surface area (Å²) in [4.78, 5) is 0. The van der Waals surface area contributed by atoms with Crippen LogP contribution in [0.2, 0.25) is 0 Å². The maximum absolute atomic E-state index is 6.22. The van der Waals surface area contributed by atoms with Gasteiger partial charge in [0.15, 0.2) is 0 Å². The lowest BCUT2D eigenvalue weighted by molar-refractivity contribution is 0.0604. The SMILES string of the molecule is C#C[C@@H](C(C)(C)CC(C)(C)C)C(C)(C)CC(C)(C)N. The molecule has 0 aromatic rings. The van der Waals surface area contributed by atoms with Gasteiger partial charge in [-0.1, -0.05) is 48.5 Å². The van der Waals surface area contributed by atoms with Crippen LogP contribution < -0.4 is 5.73 Å². The maximum Gasteiger partial charge on any atom is 0.0303 e. The van der Waals surface area contributed by atoms with Crippen molar-refractivity contribution in [3.8, 4) is 12.3 Å². The van der Waals surface area contributed by atoms with Crippen molar-refractivity contribution >= 4 is 0 Å². The zero-order valence-corrected chi connectivity index (χ0v) is 14.6. The molecule has 0 aromatic carbocycles. The zero-order chi connectivity index (χ0) is 15.7. The number of hydrogen-bond acceptors (Lipinski definition) is 1. The van der Waals surface area contributed by atoms with Crippen molar-refractivity contribution < 1.29 is 0 Å². The zero-order valence-electron chi connectivity index (χ0n) is 14.6. The van der Waals surface area contributed by atoms with Crippen molar-refractivity contribution in [1.29, 1.82) is 0 Å². The number of hydrogen-bond donors (Lipinski definition) is 1. The molecule has 0 aliphatic heterocycles. The van der Waals surface area contributed by atoms with E-state index < -0.39 is 0 Å². The highest BCUT2D eigenvalue weighted by molar-refractivity contribution is 5.08. The monoisotopic (exact) mass is 265 g/mol. The van der Waals surface area contributed by atoms with Crippen LogP contribution in [-0.4, -0.2) is 5.54 Å². The van der Waals surface area contributed by atoms with Gasteiger partial charge in [-0.25, -0.2) is 0 Å². The minimum Gasteiger partial charge on any atom is -0.326 e. The molecule has 0 fully saturated rings. The van der Waals surface area contributed by atoms with Gasteiger partial charge in [0.1, 0.15) is 0 Å². The lowest BCUT2D eigenvalue weighted by atomic mass is 9.58. The number of nitrogens with two attached hydrogens (primary N) is 1. The largest absolute Gasteiger partial charge is 0.326 e. The first-order valence-corrected chi connectivity index (χ1v) is 7.36. The molecular weight excluding hydrogens is 230 g/mol. The standard InChI is InChI=1S/C18H35N/c1-11-14(16(5,6)12-15(2,3)4)17(7,8)13-18(9,10)19/h1,14H,12-13,19H2,2-10H3/t14-/m0/s1. The molecule has 0 bridgehead atoms. The van der Waals surface area contributed by atoms with Crippen LogP contribution in [0.4, 0.5) is 0 Å². The maximum atomic E-state index is 6.22. The molecule has 0 heterocycles. The quantitative estimate of drug-likeness (QED) is 0.706. The van der Waals surface area contributed by atoms with Gasteiger partial charge in [0.2, 0.25) is 0 Å². The van der Waals surface area contributed by atoms with Crippen LogP contribution in [0, 0.1) is 34.5 Å². The molecule has 19 heavy (non-hydrogen) atoms. The van der Waals surface area contributed by atoms with Gasteiger partial charge in [-0.05, 0) is 42.9 Å². The second kappa shape index (κ2) is 5.49. The molecule has 0 unspecified atom stereocenters. The van der Waals surface area contributed by atoms with E-state index in [1.807, 2.05) is 0 Å². The minimum absolute atomic E-state index is 0.0434. The van der Waals surface area contributed by atoms with Crippen LogP contribution in [0.3, 0.4) is 0 Å². The first kappa shape index (κ1) is 18.5. The molecule has 1 atom stereocenters. The van der Waals surface area contributed by atoms with E-state index in [1.165, 1.54) is 0 Å². The van der Waals surface area contributed by atoms with Gasteiger partial charge in [-0.3, -0.25) is 0 Å². The van der Waals surface area contributed by atoms with Crippen LogP contribution in [-0.2, 0) is 0 Å². The van der Waals surface area contributed by atoms with E-state index in [-0.39, 0.29) is 27.7 Å². The summed E-state index contributed by atoms with van der Waals surface area (Å²) in [5.74, 6) is 3.30. The van der Waals surface area contributed by atoms with E-state index in [9.17, 15) is 0 Å². The summed E-state index contributed by atoms with van der Waals surface area (Å²) in [5.41, 5.74) is 6.47. The molecule has 1 nitrogen and oxygen atoms in total. The Kier molecular flexibility index (Phi) is 5.35. The molecule has 0 amide bonds. The summed E-state index contributed by atoms with van der Waals surface area (Å²) in [6.07, 6.45) is 7.94. The average Bonchev–Trinajstić information content (AvgIpc) is 1.91. The Morgan fingerprint density at radius 3 is 1.47 bits per heavy atom. The Morgan fingerprint density at radius 2 is 1.21 bits per heavy atom. The first-order valence-electron chi connectivity index (χ1n) is 7.36. The van der Waals surface area contributed by atoms with Crippen LogP contribution in [0.1, 0.15) is 75.2 Å². The van der Waals surface area contributed by atoms with Crippen LogP contribution in [0.15, 0.2) is 0 Å². The second-order valence-corrected chi connectivity index (χ2v) is 9.48. The summed E-state index contributed by atoms with van der Waals surface area (Å²) in [5, 5.41) is 0. The number of terminal acetylenes is 1. The van der Waals surface area contributed by atoms with E-state index in [2.05, 4.69) is 68.2 Å². The molecule has 0 aliphatic rings. The van der Waals surface area contributed by atoms with Gasteiger partial charge in [0, 0.05) is 11.5 Å². The Balaban J connectivity index is 5.26.